The van der Waals surface area contributed by atoms with E-state index in [1.165, 1.54) is 11.8 Å². The fourth-order valence-electron chi connectivity index (χ4n) is 1.88. The molecule has 2 heterocycles. The van der Waals surface area contributed by atoms with Gasteiger partial charge in [0.15, 0.2) is 4.32 Å². The summed E-state index contributed by atoms with van der Waals surface area (Å²) >= 11 is 9.99. The zero-order valence-electron chi connectivity index (χ0n) is 10.7. The van der Waals surface area contributed by atoms with Gasteiger partial charge in [-0.05, 0) is 42.5 Å². The fraction of sp³-hybridized carbons (Fsp3) is 0. The third-order valence-corrected chi connectivity index (χ3v) is 4.68. The van der Waals surface area contributed by atoms with Crippen LogP contribution in [0.4, 0.5) is 5.69 Å². The molecule has 0 radical (unpaired) electrons. The molecule has 0 bridgehead atoms. The minimum Gasteiger partial charge on any atom is -0.268 e. The summed E-state index contributed by atoms with van der Waals surface area (Å²) in [6, 6.07) is 13.1. The van der Waals surface area contributed by atoms with E-state index < -0.39 is 0 Å². The molecule has 1 aromatic heterocycles. The van der Waals surface area contributed by atoms with Gasteiger partial charge in [0.05, 0.1) is 16.3 Å². The normalized spacial score (nSPS) is 16.8. The van der Waals surface area contributed by atoms with Crippen LogP contribution >= 0.6 is 39.9 Å². The second-order valence-corrected chi connectivity index (χ2v) is 6.84. The second kappa shape index (κ2) is 6.09. The molecular formula is C15H9BrN2OS2. The van der Waals surface area contributed by atoms with E-state index in [0.29, 0.717) is 9.23 Å². The van der Waals surface area contributed by atoms with Gasteiger partial charge in [0.1, 0.15) is 0 Å². The summed E-state index contributed by atoms with van der Waals surface area (Å²) in [5, 5.41) is 0. The van der Waals surface area contributed by atoms with Gasteiger partial charge in [-0.3, -0.25) is 14.7 Å². The van der Waals surface area contributed by atoms with Gasteiger partial charge in [-0.2, -0.15) is 0 Å². The summed E-state index contributed by atoms with van der Waals surface area (Å²) in [5.41, 5.74) is 1.51. The maximum Gasteiger partial charge on any atom is 0.270 e. The van der Waals surface area contributed by atoms with Crippen LogP contribution in [0.15, 0.2) is 58.0 Å². The number of anilines is 1. The van der Waals surface area contributed by atoms with E-state index >= 15 is 0 Å². The quantitative estimate of drug-likeness (QED) is 0.579. The van der Waals surface area contributed by atoms with Gasteiger partial charge < -0.3 is 0 Å². The first kappa shape index (κ1) is 14.4. The molecule has 104 valence electrons. The van der Waals surface area contributed by atoms with Crippen molar-refractivity contribution in [3.8, 4) is 0 Å². The molecule has 0 N–H and O–H groups in total. The van der Waals surface area contributed by atoms with E-state index in [4.69, 9.17) is 12.2 Å². The van der Waals surface area contributed by atoms with E-state index in [1.807, 2.05) is 42.5 Å². The third-order valence-electron chi connectivity index (χ3n) is 2.85. The Balaban J connectivity index is 1.92. The smallest absolute Gasteiger partial charge is 0.268 e. The molecule has 21 heavy (non-hydrogen) atoms. The lowest BCUT2D eigenvalue weighted by atomic mass is 10.2. The van der Waals surface area contributed by atoms with Crippen molar-refractivity contribution in [2.45, 2.75) is 0 Å². The summed E-state index contributed by atoms with van der Waals surface area (Å²) in [6.07, 6.45) is 3.46. The van der Waals surface area contributed by atoms with Crippen LogP contribution in [0.5, 0.6) is 0 Å². The molecule has 2 aromatic rings. The van der Waals surface area contributed by atoms with Gasteiger partial charge in [-0.25, -0.2) is 0 Å². The van der Waals surface area contributed by atoms with Gasteiger partial charge in [0, 0.05) is 10.7 Å². The van der Waals surface area contributed by atoms with Crippen molar-refractivity contribution in [3.63, 3.8) is 0 Å². The van der Waals surface area contributed by atoms with E-state index in [1.54, 1.807) is 17.2 Å². The molecule has 0 aliphatic carbocycles. The van der Waals surface area contributed by atoms with Crippen molar-refractivity contribution < 1.29 is 4.79 Å². The molecule has 0 unspecified atom stereocenters. The first-order valence-corrected chi connectivity index (χ1v) is 8.11. The van der Waals surface area contributed by atoms with Crippen molar-refractivity contribution in [1.29, 1.82) is 0 Å². The number of rotatable bonds is 2. The number of pyridine rings is 1. The van der Waals surface area contributed by atoms with Crippen LogP contribution in [-0.4, -0.2) is 15.2 Å². The summed E-state index contributed by atoms with van der Waals surface area (Å²) in [5.74, 6) is -0.113. The predicted octanol–water partition coefficient (Wildman–Crippen LogP) is 4.25. The number of hydrogen-bond acceptors (Lipinski definition) is 4. The Hall–Kier alpha value is -1.50. The molecule has 1 amide bonds. The monoisotopic (exact) mass is 376 g/mol. The third kappa shape index (κ3) is 3.07. The number of thioether (sulfide) groups is 1. The summed E-state index contributed by atoms with van der Waals surface area (Å²) in [7, 11) is 0. The zero-order chi connectivity index (χ0) is 14.8. The van der Waals surface area contributed by atoms with E-state index in [0.717, 1.165) is 15.9 Å². The molecule has 1 aliphatic heterocycles. The molecule has 3 nitrogen and oxygen atoms in total. The molecule has 6 heteroatoms. The molecule has 1 fully saturated rings. The standard InChI is InChI=1S/C15H9BrN2OS2/c16-10-4-6-12(7-5-10)18-14(19)13(21-15(18)20)9-11-3-1-2-8-17-11/h1-9H/b13-9+. The Morgan fingerprint density at radius 1 is 1.19 bits per heavy atom. The van der Waals surface area contributed by atoms with Crippen LogP contribution in [0, 0.1) is 0 Å². The zero-order valence-corrected chi connectivity index (χ0v) is 13.9. The molecule has 1 saturated heterocycles. The lowest BCUT2D eigenvalue weighted by Gasteiger charge is -2.14. The van der Waals surface area contributed by atoms with Crippen LogP contribution in [0.1, 0.15) is 5.69 Å². The topological polar surface area (TPSA) is 33.2 Å². The first-order valence-electron chi connectivity index (χ1n) is 6.10. The highest BCUT2D eigenvalue weighted by atomic mass is 79.9. The second-order valence-electron chi connectivity index (χ2n) is 4.25. The molecule has 3 rings (SSSR count). The van der Waals surface area contributed by atoms with E-state index in [2.05, 4.69) is 20.9 Å². The Labute approximate surface area is 140 Å². The fourth-order valence-corrected chi connectivity index (χ4v) is 3.42. The molecule has 0 spiro atoms. The summed E-state index contributed by atoms with van der Waals surface area (Å²) in [4.78, 5) is 18.8. The van der Waals surface area contributed by atoms with Gasteiger partial charge in [0.2, 0.25) is 0 Å². The van der Waals surface area contributed by atoms with E-state index in [-0.39, 0.29) is 5.91 Å². The average molecular weight is 377 g/mol. The molecular weight excluding hydrogens is 368 g/mol. The average Bonchev–Trinajstić information content (AvgIpc) is 2.76. The number of halogens is 1. The van der Waals surface area contributed by atoms with Crippen LogP contribution < -0.4 is 4.90 Å². The van der Waals surface area contributed by atoms with Gasteiger partial charge in [-0.1, -0.05) is 46.0 Å². The van der Waals surface area contributed by atoms with Gasteiger partial charge in [0.25, 0.3) is 5.91 Å². The number of nitrogens with zero attached hydrogens (tertiary/aromatic N) is 2. The van der Waals surface area contributed by atoms with Crippen molar-refractivity contribution in [2.24, 2.45) is 0 Å². The number of carbonyl (C=O) groups is 1. The SMILES string of the molecule is O=C1/C(=C\c2ccccn2)SC(=S)N1c1ccc(Br)cc1. The van der Waals surface area contributed by atoms with Crippen molar-refractivity contribution >= 4 is 61.9 Å². The van der Waals surface area contributed by atoms with Crippen molar-refractivity contribution in [1.82, 2.24) is 4.98 Å². The maximum atomic E-state index is 12.5. The summed E-state index contributed by atoms with van der Waals surface area (Å²) in [6.45, 7) is 0. The summed E-state index contributed by atoms with van der Waals surface area (Å²) < 4.78 is 1.49. The number of hydrogen-bond donors (Lipinski definition) is 0. The minimum atomic E-state index is -0.113. The number of amides is 1. The number of aromatic nitrogens is 1. The number of carbonyl (C=O) groups excluding carboxylic acids is 1. The Bertz CT molecular complexity index is 729. The van der Waals surface area contributed by atoms with Crippen molar-refractivity contribution in [2.75, 3.05) is 4.90 Å². The highest BCUT2D eigenvalue weighted by Gasteiger charge is 2.33. The van der Waals surface area contributed by atoms with Gasteiger partial charge >= 0.3 is 0 Å². The number of benzene rings is 1. The highest BCUT2D eigenvalue weighted by Crippen LogP contribution is 2.36. The Morgan fingerprint density at radius 2 is 1.95 bits per heavy atom. The van der Waals surface area contributed by atoms with Crippen molar-refractivity contribution in [3.05, 3.63) is 63.7 Å². The number of thiocarbonyl (C=S) groups is 1. The van der Waals surface area contributed by atoms with Gasteiger partial charge in [-0.15, -0.1) is 0 Å². The molecule has 1 aromatic carbocycles. The lowest BCUT2D eigenvalue weighted by Crippen LogP contribution is -2.27. The largest absolute Gasteiger partial charge is 0.270 e. The van der Waals surface area contributed by atoms with Crippen LogP contribution in [0.25, 0.3) is 6.08 Å². The molecule has 0 atom stereocenters. The van der Waals surface area contributed by atoms with Crippen LogP contribution in [-0.2, 0) is 4.79 Å². The van der Waals surface area contributed by atoms with Crippen LogP contribution in [0.2, 0.25) is 0 Å². The van der Waals surface area contributed by atoms with E-state index in [9.17, 15) is 4.79 Å². The predicted molar refractivity (Wildman–Crippen MR) is 94.0 cm³/mol. The molecule has 1 aliphatic rings. The Kier molecular flexibility index (Phi) is 4.19. The Morgan fingerprint density at radius 3 is 2.62 bits per heavy atom. The minimum absolute atomic E-state index is 0.113. The van der Waals surface area contributed by atoms with Crippen LogP contribution in [0.3, 0.4) is 0 Å². The maximum absolute atomic E-state index is 12.5. The molecule has 0 saturated carbocycles. The highest BCUT2D eigenvalue weighted by molar-refractivity contribution is 9.10. The first-order chi connectivity index (χ1) is 10.1. The lowest BCUT2D eigenvalue weighted by molar-refractivity contribution is -0.113.